The predicted molar refractivity (Wildman–Crippen MR) is 130 cm³/mol. The van der Waals surface area contributed by atoms with Crippen molar-refractivity contribution >= 4 is 40.2 Å². The summed E-state index contributed by atoms with van der Waals surface area (Å²) in [6, 6.07) is 14.1. The van der Waals surface area contributed by atoms with Crippen LogP contribution in [0.5, 0.6) is 5.75 Å². The number of nitrogens with one attached hydrogen (secondary N) is 1. The van der Waals surface area contributed by atoms with Crippen molar-refractivity contribution in [3.05, 3.63) is 81.5 Å². The van der Waals surface area contributed by atoms with Crippen LogP contribution in [0, 0.1) is 6.92 Å². The zero-order valence-corrected chi connectivity index (χ0v) is 19.9. The Balaban J connectivity index is 1.77. The molecule has 0 aliphatic heterocycles. The number of amides is 1. The van der Waals surface area contributed by atoms with Crippen molar-refractivity contribution in [1.82, 2.24) is 14.9 Å². The largest absolute Gasteiger partial charge is 0.495 e. The molecule has 1 amide bonds. The number of aryl methyl sites for hydroxylation is 1. The van der Waals surface area contributed by atoms with Gasteiger partial charge in [-0.05, 0) is 49.7 Å². The summed E-state index contributed by atoms with van der Waals surface area (Å²) in [5.74, 6) is 0.883. The Morgan fingerprint density at radius 1 is 1.27 bits per heavy atom. The molecule has 0 aliphatic rings. The number of thioether (sulfide) groups is 1. The topological polar surface area (TPSA) is 86.4 Å². The van der Waals surface area contributed by atoms with Gasteiger partial charge in [0, 0.05) is 11.1 Å². The fourth-order valence-electron chi connectivity index (χ4n) is 3.33. The van der Waals surface area contributed by atoms with Gasteiger partial charge in [0.1, 0.15) is 11.5 Å². The van der Waals surface area contributed by atoms with Gasteiger partial charge in [-0.2, -0.15) is 0 Å². The van der Waals surface area contributed by atoms with Gasteiger partial charge in [0.2, 0.25) is 5.91 Å². The number of hydrogen-bond acceptors (Lipinski definition) is 6. The van der Waals surface area contributed by atoms with Gasteiger partial charge in [-0.1, -0.05) is 35.5 Å². The molecule has 0 spiro atoms. The normalized spacial score (nSPS) is 12.0. The minimum atomic E-state index is -0.529. The molecule has 33 heavy (non-hydrogen) atoms. The molecular formula is C24H22ClN3O4S. The van der Waals surface area contributed by atoms with Crippen LogP contribution in [-0.4, -0.2) is 27.8 Å². The van der Waals surface area contributed by atoms with E-state index in [2.05, 4.69) is 5.32 Å². The molecule has 4 aromatic rings. The van der Waals surface area contributed by atoms with E-state index in [1.165, 1.54) is 23.4 Å². The molecule has 7 nitrogen and oxygen atoms in total. The number of carbonyl (C=O) groups excluding carboxylic acids is 1. The standard InChI is InChI=1S/C24H22ClN3O4S/c1-14-11-20(21(31-3)12-18(14)25)28-23(30)17-8-4-5-9-19(17)27-24(28)33-15(2)22(29)26-13-16-7-6-10-32-16/h4-12,15H,13H2,1-3H3,(H,26,29). The summed E-state index contributed by atoms with van der Waals surface area (Å²) in [6.45, 7) is 3.89. The highest BCUT2D eigenvalue weighted by Crippen LogP contribution is 2.33. The van der Waals surface area contributed by atoms with Crippen LogP contribution >= 0.6 is 23.4 Å². The highest BCUT2D eigenvalue weighted by Gasteiger charge is 2.22. The van der Waals surface area contributed by atoms with E-state index in [9.17, 15) is 9.59 Å². The average molecular weight is 484 g/mol. The van der Waals surface area contributed by atoms with E-state index in [1.807, 2.05) is 13.0 Å². The number of ether oxygens (including phenoxy) is 1. The monoisotopic (exact) mass is 483 g/mol. The maximum atomic E-state index is 13.6. The summed E-state index contributed by atoms with van der Waals surface area (Å²) in [7, 11) is 1.52. The van der Waals surface area contributed by atoms with Crippen LogP contribution in [0.2, 0.25) is 5.02 Å². The van der Waals surface area contributed by atoms with Crippen LogP contribution in [0.1, 0.15) is 18.2 Å². The summed E-state index contributed by atoms with van der Waals surface area (Å²) in [5.41, 5.74) is 1.58. The van der Waals surface area contributed by atoms with E-state index in [0.717, 1.165) is 5.56 Å². The Bertz CT molecular complexity index is 1370. The molecule has 9 heteroatoms. The lowest BCUT2D eigenvalue weighted by Crippen LogP contribution is -2.31. The number of benzene rings is 2. The lowest BCUT2D eigenvalue weighted by molar-refractivity contribution is -0.120. The van der Waals surface area contributed by atoms with E-state index in [0.29, 0.717) is 38.3 Å². The molecule has 1 unspecified atom stereocenters. The molecule has 2 heterocycles. The fraction of sp³-hybridized carbons (Fsp3) is 0.208. The number of fused-ring (bicyclic) bond motifs is 1. The Hall–Kier alpha value is -3.23. The quantitative estimate of drug-likeness (QED) is 0.301. The number of methoxy groups -OCH3 is 1. The van der Waals surface area contributed by atoms with Gasteiger partial charge in [-0.25, -0.2) is 4.98 Å². The molecule has 2 aromatic heterocycles. The van der Waals surface area contributed by atoms with Gasteiger partial charge in [0.15, 0.2) is 5.16 Å². The summed E-state index contributed by atoms with van der Waals surface area (Å²) in [5, 5.41) is 3.68. The van der Waals surface area contributed by atoms with Gasteiger partial charge in [0.25, 0.3) is 5.56 Å². The summed E-state index contributed by atoms with van der Waals surface area (Å²) in [4.78, 5) is 31.0. The van der Waals surface area contributed by atoms with Crippen LogP contribution in [0.15, 0.2) is 69.2 Å². The molecule has 2 aromatic carbocycles. The number of aromatic nitrogens is 2. The van der Waals surface area contributed by atoms with E-state index in [-0.39, 0.29) is 18.0 Å². The first-order valence-corrected chi connectivity index (χ1v) is 11.5. The van der Waals surface area contributed by atoms with Crippen molar-refractivity contribution in [2.75, 3.05) is 7.11 Å². The maximum Gasteiger partial charge on any atom is 0.266 e. The number of hydrogen-bond donors (Lipinski definition) is 1. The second-order valence-corrected chi connectivity index (χ2v) is 9.10. The second kappa shape index (κ2) is 9.72. The third-order valence-corrected chi connectivity index (χ3v) is 6.57. The Kier molecular flexibility index (Phi) is 6.76. The fourth-order valence-corrected chi connectivity index (χ4v) is 4.43. The first-order chi connectivity index (χ1) is 15.9. The molecule has 170 valence electrons. The Morgan fingerprint density at radius 2 is 2.06 bits per heavy atom. The highest BCUT2D eigenvalue weighted by atomic mass is 35.5. The van der Waals surface area contributed by atoms with Crippen molar-refractivity contribution in [2.24, 2.45) is 0 Å². The minimum absolute atomic E-state index is 0.204. The number of nitrogens with zero attached hydrogens (tertiary/aromatic N) is 2. The zero-order chi connectivity index (χ0) is 23.5. The SMILES string of the molecule is COc1cc(Cl)c(C)cc1-n1c(SC(C)C(=O)NCc2ccco2)nc2ccccc2c1=O. The minimum Gasteiger partial charge on any atom is -0.495 e. The van der Waals surface area contributed by atoms with Crippen LogP contribution < -0.4 is 15.6 Å². The van der Waals surface area contributed by atoms with Crippen molar-refractivity contribution < 1.29 is 13.9 Å². The Morgan fingerprint density at radius 3 is 2.79 bits per heavy atom. The van der Waals surface area contributed by atoms with Crippen molar-refractivity contribution in [3.63, 3.8) is 0 Å². The van der Waals surface area contributed by atoms with Crippen LogP contribution in [-0.2, 0) is 11.3 Å². The molecule has 1 atom stereocenters. The molecule has 4 rings (SSSR count). The average Bonchev–Trinajstić information content (AvgIpc) is 3.33. The molecule has 0 bridgehead atoms. The third-order valence-electron chi connectivity index (χ3n) is 5.11. The van der Waals surface area contributed by atoms with Crippen molar-refractivity contribution in [2.45, 2.75) is 30.8 Å². The van der Waals surface area contributed by atoms with Crippen LogP contribution in [0.3, 0.4) is 0 Å². The molecule has 0 aliphatic carbocycles. The van der Waals surface area contributed by atoms with Crippen molar-refractivity contribution in [1.29, 1.82) is 0 Å². The number of rotatable bonds is 7. The summed E-state index contributed by atoms with van der Waals surface area (Å²) < 4.78 is 12.3. The zero-order valence-electron chi connectivity index (χ0n) is 18.3. The molecular weight excluding hydrogens is 462 g/mol. The van der Waals surface area contributed by atoms with Gasteiger partial charge in [-0.15, -0.1) is 0 Å². The van der Waals surface area contributed by atoms with Gasteiger partial charge >= 0.3 is 0 Å². The second-order valence-electron chi connectivity index (χ2n) is 7.38. The highest BCUT2D eigenvalue weighted by molar-refractivity contribution is 8.00. The van der Waals surface area contributed by atoms with Gasteiger partial charge in [0.05, 0.1) is 41.8 Å². The van der Waals surface area contributed by atoms with Crippen LogP contribution in [0.4, 0.5) is 0 Å². The number of halogens is 1. The molecule has 0 radical (unpaired) electrons. The summed E-state index contributed by atoms with van der Waals surface area (Å²) >= 11 is 7.47. The van der Waals surface area contributed by atoms with E-state index >= 15 is 0 Å². The first kappa shape index (κ1) is 22.9. The van der Waals surface area contributed by atoms with Gasteiger partial charge < -0.3 is 14.5 Å². The predicted octanol–water partition coefficient (Wildman–Crippen LogP) is 4.75. The maximum absolute atomic E-state index is 13.6. The van der Waals surface area contributed by atoms with E-state index in [4.69, 9.17) is 25.7 Å². The lowest BCUT2D eigenvalue weighted by Gasteiger charge is -2.19. The lowest BCUT2D eigenvalue weighted by atomic mass is 10.2. The molecule has 1 N–H and O–H groups in total. The number of para-hydroxylation sites is 1. The van der Waals surface area contributed by atoms with Gasteiger partial charge in [-0.3, -0.25) is 14.2 Å². The molecule has 0 saturated heterocycles. The summed E-state index contributed by atoms with van der Waals surface area (Å²) in [6.07, 6.45) is 1.55. The first-order valence-electron chi connectivity index (χ1n) is 10.2. The molecule has 0 fully saturated rings. The van der Waals surface area contributed by atoms with Crippen LogP contribution in [0.25, 0.3) is 16.6 Å². The van der Waals surface area contributed by atoms with Crippen molar-refractivity contribution in [3.8, 4) is 11.4 Å². The van der Waals surface area contributed by atoms with E-state index < -0.39 is 5.25 Å². The van der Waals surface area contributed by atoms with E-state index in [1.54, 1.807) is 55.7 Å². The smallest absolute Gasteiger partial charge is 0.266 e. The Labute approximate surface area is 199 Å². The number of furan rings is 1. The molecule has 0 saturated carbocycles. The third kappa shape index (κ3) is 4.77. The number of carbonyl (C=O) groups is 1.